The van der Waals surface area contributed by atoms with Crippen molar-refractivity contribution in [2.24, 2.45) is 5.92 Å². The fourth-order valence-electron chi connectivity index (χ4n) is 3.73. The zero-order valence-corrected chi connectivity index (χ0v) is 25.4. The van der Waals surface area contributed by atoms with Crippen molar-refractivity contribution < 1.29 is 24.6 Å². The van der Waals surface area contributed by atoms with E-state index >= 15 is 0 Å². The topological polar surface area (TPSA) is 128 Å². The second-order valence-electron chi connectivity index (χ2n) is 8.92. The molecule has 0 saturated carbocycles. The first-order chi connectivity index (χ1) is 19.9. The van der Waals surface area contributed by atoms with Crippen molar-refractivity contribution in [3.63, 3.8) is 0 Å². The number of aliphatic hydroxyl groups is 1. The first-order valence-electron chi connectivity index (χ1n) is 12.9. The summed E-state index contributed by atoms with van der Waals surface area (Å²) in [6.07, 6.45) is 2.06. The Hall–Kier alpha value is -3.41. The first kappa shape index (κ1) is 32.1. The molecule has 0 aromatic heterocycles. The average Bonchev–Trinajstić information content (AvgIpc) is 2.97. The number of rotatable bonds is 15. The van der Waals surface area contributed by atoms with Gasteiger partial charge in [-0.25, -0.2) is 0 Å². The lowest BCUT2D eigenvalue weighted by Crippen LogP contribution is -2.34. The fourth-order valence-corrected chi connectivity index (χ4v) is 6.17. The fraction of sp³-hybridized carbons (Fsp3) is 0.233. The number of aliphatic hydroxyl groups excluding tert-OH is 1. The Bertz CT molecular complexity index is 1270. The Kier molecular flexibility index (Phi) is 13.6. The maximum Gasteiger partial charge on any atom is 0.250 e. The van der Waals surface area contributed by atoms with Gasteiger partial charge in [-0.3, -0.25) is 14.4 Å². The lowest BCUT2D eigenvalue weighted by Gasteiger charge is -2.17. The number of carbonyl (C=O) groups is 3. The Labute approximate surface area is 255 Å². The van der Waals surface area contributed by atoms with Gasteiger partial charge in [-0.05, 0) is 70.7 Å². The smallest absolute Gasteiger partial charge is 0.250 e. The van der Waals surface area contributed by atoms with E-state index in [1.807, 2.05) is 36.4 Å². The molecule has 0 unspecified atom stereocenters. The zero-order chi connectivity index (χ0) is 29.5. The van der Waals surface area contributed by atoms with Gasteiger partial charge in [0, 0.05) is 35.8 Å². The van der Waals surface area contributed by atoms with Crippen molar-refractivity contribution in [3.05, 3.63) is 101 Å². The minimum absolute atomic E-state index is 0.101. The van der Waals surface area contributed by atoms with E-state index in [2.05, 4.69) is 31.9 Å². The van der Waals surface area contributed by atoms with E-state index in [0.717, 1.165) is 17.6 Å². The summed E-state index contributed by atoms with van der Waals surface area (Å²) in [5.74, 6) is -0.438. The largest absolute Gasteiger partial charge is 0.515 e. The number of hydrogen-bond donors (Lipinski definition) is 5. The van der Waals surface area contributed by atoms with E-state index < -0.39 is 5.92 Å². The molecule has 0 atom stereocenters. The van der Waals surface area contributed by atoms with Crippen LogP contribution in [0, 0.1) is 5.92 Å². The van der Waals surface area contributed by atoms with Gasteiger partial charge in [0.15, 0.2) is 0 Å². The number of halogens is 1. The summed E-state index contributed by atoms with van der Waals surface area (Å²) in [4.78, 5) is 38.4. The minimum atomic E-state index is -0.849. The second-order valence-corrected chi connectivity index (χ2v) is 12.5. The molecule has 0 bridgehead atoms. The molecule has 216 valence electrons. The van der Waals surface area contributed by atoms with E-state index in [1.54, 1.807) is 58.0 Å². The van der Waals surface area contributed by atoms with E-state index in [0.29, 0.717) is 41.0 Å². The van der Waals surface area contributed by atoms with Crippen LogP contribution in [-0.4, -0.2) is 46.0 Å². The molecule has 11 heteroatoms. The van der Waals surface area contributed by atoms with Crippen LogP contribution in [0.5, 0.6) is 5.75 Å². The van der Waals surface area contributed by atoms with Crippen LogP contribution in [0.3, 0.4) is 0 Å². The molecule has 3 amide bonds. The second kappa shape index (κ2) is 17.4. The molecule has 0 fully saturated rings. The summed E-state index contributed by atoms with van der Waals surface area (Å²) in [6.45, 7) is 0.411. The molecule has 3 aromatic carbocycles. The molecule has 0 spiro atoms. The molecular weight excluding hydrogens is 626 g/mol. The van der Waals surface area contributed by atoms with Gasteiger partial charge in [-0.1, -0.05) is 64.1 Å². The predicted molar refractivity (Wildman–Crippen MR) is 171 cm³/mol. The van der Waals surface area contributed by atoms with E-state index in [-0.39, 0.29) is 35.5 Å². The molecule has 0 aliphatic carbocycles. The van der Waals surface area contributed by atoms with Gasteiger partial charge in [0.2, 0.25) is 11.8 Å². The highest BCUT2D eigenvalue weighted by Crippen LogP contribution is 2.26. The van der Waals surface area contributed by atoms with Crippen LogP contribution < -0.4 is 16.0 Å². The van der Waals surface area contributed by atoms with E-state index in [9.17, 15) is 24.6 Å². The number of benzene rings is 3. The first-order valence-corrected chi connectivity index (χ1v) is 16.2. The van der Waals surface area contributed by atoms with Crippen molar-refractivity contribution in [2.75, 3.05) is 28.7 Å². The molecule has 3 rings (SSSR count). The number of hydrogen-bond acceptors (Lipinski definition) is 7. The monoisotopic (exact) mass is 657 g/mol. The molecule has 5 N–H and O–H groups in total. The molecule has 41 heavy (non-hydrogen) atoms. The van der Waals surface area contributed by atoms with Gasteiger partial charge in [0.1, 0.15) is 11.7 Å². The van der Waals surface area contributed by atoms with E-state index in [1.165, 1.54) is 6.07 Å². The van der Waals surface area contributed by atoms with Crippen molar-refractivity contribution >= 4 is 66.6 Å². The predicted octanol–water partition coefficient (Wildman–Crippen LogP) is 6.31. The van der Waals surface area contributed by atoms with Crippen LogP contribution >= 0.6 is 37.5 Å². The number of nitrogens with one attached hydrogen (secondary N) is 3. The Balaban J connectivity index is 1.39. The Morgan fingerprint density at radius 2 is 1.44 bits per heavy atom. The summed E-state index contributed by atoms with van der Waals surface area (Å²) in [5.41, 5.74) is 2.26. The van der Waals surface area contributed by atoms with Crippen LogP contribution in [0.25, 0.3) is 0 Å². The number of amides is 3. The highest BCUT2D eigenvalue weighted by atomic mass is 79.9. The molecule has 0 aliphatic heterocycles. The van der Waals surface area contributed by atoms with Crippen LogP contribution in [0.4, 0.5) is 11.4 Å². The van der Waals surface area contributed by atoms with Gasteiger partial charge in [0.05, 0.1) is 16.3 Å². The van der Waals surface area contributed by atoms with Crippen molar-refractivity contribution in [3.8, 4) is 5.75 Å². The normalized spacial score (nSPS) is 11.2. The van der Waals surface area contributed by atoms with Crippen LogP contribution in [0.2, 0.25) is 0 Å². The molecule has 0 saturated heterocycles. The van der Waals surface area contributed by atoms with Crippen molar-refractivity contribution in [1.29, 1.82) is 0 Å². The number of carbonyl (C=O) groups excluding carboxylic acids is 3. The molecule has 8 nitrogen and oxygen atoms in total. The van der Waals surface area contributed by atoms with Crippen LogP contribution in [0.1, 0.15) is 18.4 Å². The van der Waals surface area contributed by atoms with E-state index in [4.69, 9.17) is 0 Å². The number of anilines is 2. The molecule has 0 aliphatic rings. The van der Waals surface area contributed by atoms with Gasteiger partial charge in [-0.15, -0.1) is 0 Å². The van der Waals surface area contributed by atoms with Crippen LogP contribution in [0.15, 0.2) is 95.2 Å². The van der Waals surface area contributed by atoms with Gasteiger partial charge in [0.25, 0.3) is 5.91 Å². The zero-order valence-electron chi connectivity index (χ0n) is 22.2. The standard InChI is InChI=1S/C30H32BrN3O5S2/c31-26-19-21(13-14-27(26)36)18-22(20-35)28(37)32-15-17-41-40-16-7-12-25(29(38)33-23-8-3-1-4-9-23)30(39)34-24-10-5-2-6-11-24/h1-6,8-11,13-14,19-20,25,35-36H,7,12,15-18H2,(H,32,37)(H,33,38)(H,34,39)/b22-20+. The molecule has 0 heterocycles. The highest BCUT2D eigenvalue weighted by molar-refractivity contribution is 9.10. The average molecular weight is 659 g/mol. The lowest BCUT2D eigenvalue weighted by molar-refractivity contribution is -0.129. The lowest BCUT2D eigenvalue weighted by atomic mass is 10.0. The SMILES string of the molecule is O=C(NCCSSCCCC(C(=O)Nc1ccccc1)C(=O)Nc1ccccc1)/C(=C/O)Cc1ccc(O)c(Br)c1. The number of phenols is 1. The molecule has 3 aromatic rings. The van der Waals surface area contributed by atoms with Gasteiger partial charge >= 0.3 is 0 Å². The summed E-state index contributed by atoms with van der Waals surface area (Å²) >= 11 is 3.24. The summed E-state index contributed by atoms with van der Waals surface area (Å²) in [6, 6.07) is 23.0. The summed E-state index contributed by atoms with van der Waals surface area (Å²) in [5, 5.41) is 27.6. The maximum atomic E-state index is 13.0. The van der Waals surface area contributed by atoms with Gasteiger partial charge in [-0.2, -0.15) is 0 Å². The summed E-state index contributed by atoms with van der Waals surface area (Å²) < 4.78 is 0.515. The third-order valence-electron chi connectivity index (χ3n) is 5.84. The number of aromatic hydroxyl groups is 1. The quantitative estimate of drug-likeness (QED) is 0.0426. The Morgan fingerprint density at radius 1 is 0.854 bits per heavy atom. The summed E-state index contributed by atoms with van der Waals surface area (Å²) in [7, 11) is 3.19. The van der Waals surface area contributed by atoms with Gasteiger partial charge < -0.3 is 26.2 Å². The highest BCUT2D eigenvalue weighted by Gasteiger charge is 2.26. The Morgan fingerprint density at radius 3 is 2.00 bits per heavy atom. The molecule has 0 radical (unpaired) electrons. The van der Waals surface area contributed by atoms with Crippen LogP contribution in [-0.2, 0) is 20.8 Å². The number of para-hydroxylation sites is 2. The third-order valence-corrected chi connectivity index (χ3v) is 8.97. The van der Waals surface area contributed by atoms with Crippen molar-refractivity contribution in [1.82, 2.24) is 5.32 Å². The maximum absolute atomic E-state index is 13.0. The number of phenolic OH excluding ortho intramolecular Hbond substituents is 1. The van der Waals surface area contributed by atoms with Crippen molar-refractivity contribution in [2.45, 2.75) is 19.3 Å². The third kappa shape index (κ3) is 11.2. The minimum Gasteiger partial charge on any atom is -0.515 e. The molecular formula is C30H32BrN3O5S2.